The molecule has 0 spiro atoms. The maximum Gasteiger partial charge on any atom is -0.00391 e. The highest BCUT2D eigenvalue weighted by atomic mass is 32.2. The fourth-order valence-corrected chi connectivity index (χ4v) is 2.94. The first-order chi connectivity index (χ1) is 7.35. The Morgan fingerprint density at radius 3 is 2.07 bits per heavy atom. The number of thioether (sulfide) groups is 1. The lowest BCUT2D eigenvalue weighted by Crippen LogP contribution is -2.06. The van der Waals surface area contributed by atoms with E-state index in [0.717, 1.165) is 12.5 Å². The molecular weight excluding hydrogens is 202 g/mol. The van der Waals surface area contributed by atoms with Crippen LogP contribution in [0.2, 0.25) is 0 Å². The Kier molecular flexibility index (Phi) is 12.6. The van der Waals surface area contributed by atoms with Crippen molar-refractivity contribution in [2.75, 3.05) is 18.1 Å². The van der Waals surface area contributed by atoms with Gasteiger partial charge >= 0.3 is 0 Å². The van der Waals surface area contributed by atoms with Gasteiger partial charge in [0, 0.05) is 0 Å². The van der Waals surface area contributed by atoms with Gasteiger partial charge in [-0.15, -0.1) is 0 Å². The van der Waals surface area contributed by atoms with Gasteiger partial charge in [-0.2, -0.15) is 11.8 Å². The van der Waals surface area contributed by atoms with E-state index >= 15 is 0 Å². The van der Waals surface area contributed by atoms with Crippen molar-refractivity contribution in [2.24, 2.45) is 11.7 Å². The summed E-state index contributed by atoms with van der Waals surface area (Å²) >= 11 is 2.11. The largest absolute Gasteiger partial charge is 0.330 e. The van der Waals surface area contributed by atoms with Gasteiger partial charge in [-0.25, -0.2) is 0 Å². The van der Waals surface area contributed by atoms with Crippen molar-refractivity contribution in [3.05, 3.63) is 0 Å². The third-order valence-corrected chi connectivity index (χ3v) is 4.06. The van der Waals surface area contributed by atoms with Gasteiger partial charge in [0.25, 0.3) is 0 Å². The van der Waals surface area contributed by atoms with Crippen molar-refractivity contribution in [1.29, 1.82) is 0 Å². The van der Waals surface area contributed by atoms with Gasteiger partial charge in [0.1, 0.15) is 0 Å². The molecule has 0 atom stereocenters. The zero-order valence-corrected chi connectivity index (χ0v) is 11.5. The molecule has 0 unspecified atom stereocenters. The Hall–Kier alpha value is 0.310. The first-order valence-corrected chi connectivity index (χ1v) is 7.78. The molecule has 0 amide bonds. The van der Waals surface area contributed by atoms with Gasteiger partial charge in [0.2, 0.25) is 0 Å². The molecule has 0 saturated heterocycles. The SMILES string of the molecule is CCCCC(CCCC)CSCCCN. The molecule has 0 aromatic carbocycles. The summed E-state index contributed by atoms with van der Waals surface area (Å²) in [6, 6.07) is 0. The van der Waals surface area contributed by atoms with Gasteiger partial charge in [0.05, 0.1) is 0 Å². The van der Waals surface area contributed by atoms with Gasteiger partial charge < -0.3 is 5.73 Å². The standard InChI is InChI=1S/C13H29NS/c1-3-5-8-13(9-6-4-2)12-15-11-7-10-14/h13H,3-12,14H2,1-2H3. The van der Waals surface area contributed by atoms with Crippen LogP contribution >= 0.6 is 11.8 Å². The van der Waals surface area contributed by atoms with E-state index in [9.17, 15) is 0 Å². The van der Waals surface area contributed by atoms with E-state index in [0.29, 0.717) is 0 Å². The third-order valence-electron chi connectivity index (χ3n) is 2.78. The maximum atomic E-state index is 5.49. The molecule has 92 valence electrons. The Morgan fingerprint density at radius 2 is 1.60 bits per heavy atom. The molecule has 0 aromatic rings. The molecule has 2 N–H and O–H groups in total. The second-order valence-corrected chi connectivity index (χ2v) is 5.52. The molecule has 0 bridgehead atoms. The van der Waals surface area contributed by atoms with E-state index in [1.165, 1.54) is 56.5 Å². The lowest BCUT2D eigenvalue weighted by Gasteiger charge is -2.15. The molecule has 15 heavy (non-hydrogen) atoms. The van der Waals surface area contributed by atoms with Crippen molar-refractivity contribution in [1.82, 2.24) is 0 Å². The van der Waals surface area contributed by atoms with Gasteiger partial charge in [-0.05, 0) is 43.2 Å². The van der Waals surface area contributed by atoms with Crippen molar-refractivity contribution in [3.8, 4) is 0 Å². The summed E-state index contributed by atoms with van der Waals surface area (Å²) in [6.45, 7) is 5.43. The third kappa shape index (κ3) is 10.6. The van der Waals surface area contributed by atoms with Crippen molar-refractivity contribution in [2.45, 2.75) is 58.8 Å². The minimum Gasteiger partial charge on any atom is -0.330 e. The average molecular weight is 231 g/mol. The first-order valence-electron chi connectivity index (χ1n) is 6.62. The highest BCUT2D eigenvalue weighted by Crippen LogP contribution is 2.21. The fourth-order valence-electron chi connectivity index (χ4n) is 1.73. The second-order valence-electron chi connectivity index (χ2n) is 4.37. The first kappa shape index (κ1) is 15.3. The predicted octanol–water partition coefficient (Wildman–Crippen LogP) is 4.07. The monoisotopic (exact) mass is 231 g/mol. The summed E-state index contributed by atoms with van der Waals surface area (Å²) in [5.41, 5.74) is 5.49. The van der Waals surface area contributed by atoms with Crippen molar-refractivity contribution < 1.29 is 0 Å². The minimum atomic E-state index is 0.849. The summed E-state index contributed by atoms with van der Waals surface area (Å²) < 4.78 is 0. The summed E-state index contributed by atoms with van der Waals surface area (Å²) in [5.74, 6) is 3.58. The fraction of sp³-hybridized carbons (Fsp3) is 1.00. The Bertz CT molecular complexity index is 109. The highest BCUT2D eigenvalue weighted by Gasteiger charge is 2.07. The number of hydrogen-bond donors (Lipinski definition) is 1. The van der Waals surface area contributed by atoms with Crippen LogP contribution in [0, 0.1) is 5.92 Å². The van der Waals surface area contributed by atoms with E-state index in [-0.39, 0.29) is 0 Å². The number of unbranched alkanes of at least 4 members (excludes halogenated alkanes) is 2. The van der Waals surface area contributed by atoms with Crippen molar-refractivity contribution in [3.63, 3.8) is 0 Å². The molecular formula is C13H29NS. The Balaban J connectivity index is 3.49. The molecule has 0 fully saturated rings. The molecule has 0 aromatic heterocycles. The molecule has 0 aliphatic heterocycles. The highest BCUT2D eigenvalue weighted by molar-refractivity contribution is 7.99. The van der Waals surface area contributed by atoms with Crippen LogP contribution in [-0.2, 0) is 0 Å². The Morgan fingerprint density at radius 1 is 1.00 bits per heavy atom. The zero-order chi connectivity index (χ0) is 11.4. The summed E-state index contributed by atoms with van der Waals surface area (Å²) in [6.07, 6.45) is 9.56. The van der Waals surface area contributed by atoms with Crippen LogP contribution < -0.4 is 5.73 Å². The minimum absolute atomic E-state index is 0.849. The molecule has 0 aliphatic rings. The second kappa shape index (κ2) is 12.4. The molecule has 1 nitrogen and oxygen atoms in total. The molecule has 2 heteroatoms. The topological polar surface area (TPSA) is 26.0 Å². The van der Waals surface area contributed by atoms with E-state index < -0.39 is 0 Å². The average Bonchev–Trinajstić information content (AvgIpc) is 2.27. The zero-order valence-electron chi connectivity index (χ0n) is 10.6. The number of rotatable bonds is 11. The smallest absolute Gasteiger partial charge is 0.00391 e. The number of nitrogens with two attached hydrogens (primary N) is 1. The number of hydrogen-bond acceptors (Lipinski definition) is 2. The normalized spacial score (nSPS) is 11.2. The lowest BCUT2D eigenvalue weighted by atomic mass is 9.98. The van der Waals surface area contributed by atoms with Gasteiger partial charge in [-0.3, -0.25) is 0 Å². The summed E-state index contributed by atoms with van der Waals surface area (Å²) in [7, 11) is 0. The van der Waals surface area contributed by atoms with Crippen LogP contribution in [0.5, 0.6) is 0 Å². The summed E-state index contributed by atoms with van der Waals surface area (Å²) in [5, 5.41) is 0. The molecule has 0 saturated carbocycles. The van der Waals surface area contributed by atoms with Crippen LogP contribution in [-0.4, -0.2) is 18.1 Å². The summed E-state index contributed by atoms with van der Waals surface area (Å²) in [4.78, 5) is 0. The van der Waals surface area contributed by atoms with E-state index in [4.69, 9.17) is 5.73 Å². The van der Waals surface area contributed by atoms with Crippen LogP contribution in [0.25, 0.3) is 0 Å². The van der Waals surface area contributed by atoms with E-state index in [1.807, 2.05) is 0 Å². The Labute approximate surface area is 101 Å². The molecule has 0 rings (SSSR count). The van der Waals surface area contributed by atoms with Crippen LogP contribution in [0.1, 0.15) is 58.8 Å². The van der Waals surface area contributed by atoms with Gasteiger partial charge in [0.15, 0.2) is 0 Å². The van der Waals surface area contributed by atoms with E-state index in [2.05, 4.69) is 25.6 Å². The quantitative estimate of drug-likeness (QED) is 0.543. The van der Waals surface area contributed by atoms with E-state index in [1.54, 1.807) is 0 Å². The van der Waals surface area contributed by atoms with Crippen LogP contribution in [0.4, 0.5) is 0 Å². The molecule has 0 aliphatic carbocycles. The van der Waals surface area contributed by atoms with Crippen LogP contribution in [0.15, 0.2) is 0 Å². The molecule has 0 radical (unpaired) electrons. The molecule has 0 heterocycles. The van der Waals surface area contributed by atoms with Crippen molar-refractivity contribution >= 4 is 11.8 Å². The van der Waals surface area contributed by atoms with Crippen LogP contribution in [0.3, 0.4) is 0 Å². The van der Waals surface area contributed by atoms with Gasteiger partial charge in [-0.1, -0.05) is 39.5 Å². The predicted molar refractivity (Wildman–Crippen MR) is 73.5 cm³/mol. The lowest BCUT2D eigenvalue weighted by molar-refractivity contribution is 0.461. The maximum absolute atomic E-state index is 5.49.